The van der Waals surface area contributed by atoms with Crippen molar-refractivity contribution in [3.63, 3.8) is 0 Å². The Kier molecular flexibility index (Phi) is 5.80. The predicted molar refractivity (Wildman–Crippen MR) is 103 cm³/mol. The number of carbonyl (C=O) groups is 1. The molecule has 1 atom stereocenters. The van der Waals surface area contributed by atoms with Gasteiger partial charge in [-0.1, -0.05) is 36.9 Å². The lowest BCUT2D eigenvalue weighted by Gasteiger charge is -2.18. The van der Waals surface area contributed by atoms with Crippen LogP contribution in [0.5, 0.6) is 5.75 Å². The number of hydrogen-bond acceptors (Lipinski definition) is 7. The van der Waals surface area contributed by atoms with E-state index in [0.717, 1.165) is 20.9 Å². The molecule has 1 fully saturated rings. The van der Waals surface area contributed by atoms with Gasteiger partial charge in [0.15, 0.2) is 4.34 Å². The minimum atomic E-state index is -0.233. The van der Waals surface area contributed by atoms with Crippen LogP contribution in [-0.2, 0) is 4.79 Å². The molecule has 2 N–H and O–H groups in total. The summed E-state index contributed by atoms with van der Waals surface area (Å²) in [5.41, 5.74) is 0.755. The molecule has 0 aliphatic heterocycles. The van der Waals surface area contributed by atoms with Crippen LogP contribution in [0.2, 0.25) is 0 Å². The van der Waals surface area contributed by atoms with Crippen molar-refractivity contribution in [3.8, 4) is 5.75 Å². The van der Waals surface area contributed by atoms with E-state index in [1.54, 1.807) is 7.11 Å². The third kappa shape index (κ3) is 5.09. The summed E-state index contributed by atoms with van der Waals surface area (Å²) in [6, 6.07) is 7.87. The average Bonchev–Trinajstić information content (AvgIpc) is 3.30. The Morgan fingerprint density at radius 1 is 1.28 bits per heavy atom. The largest absolute Gasteiger partial charge is 0.497 e. The molecule has 8 heteroatoms. The number of ether oxygens (including phenoxy) is 1. The van der Waals surface area contributed by atoms with Crippen molar-refractivity contribution in [1.82, 2.24) is 10.2 Å². The van der Waals surface area contributed by atoms with Gasteiger partial charge in [-0.15, -0.1) is 10.2 Å². The molecule has 1 aromatic carbocycles. The van der Waals surface area contributed by atoms with Crippen LogP contribution in [0, 0.1) is 5.92 Å². The fraction of sp³-hybridized carbons (Fsp3) is 0.471. The fourth-order valence-corrected chi connectivity index (χ4v) is 4.24. The minimum Gasteiger partial charge on any atom is -0.497 e. The number of amides is 1. The first-order chi connectivity index (χ1) is 12.0. The molecule has 0 bridgehead atoms. The molecular weight excluding hydrogens is 356 g/mol. The SMILES string of the molecule is COc1ccc(NC(=O)C(Sc2nnc(NC3CC3)s2)C(C)C)cc1. The van der Waals surface area contributed by atoms with Crippen LogP contribution >= 0.6 is 23.1 Å². The zero-order chi connectivity index (χ0) is 17.8. The molecule has 0 radical (unpaired) electrons. The van der Waals surface area contributed by atoms with Crippen LogP contribution in [0.4, 0.5) is 10.8 Å². The van der Waals surface area contributed by atoms with Gasteiger partial charge >= 0.3 is 0 Å². The Balaban J connectivity index is 1.62. The molecule has 3 rings (SSSR count). The number of thioether (sulfide) groups is 1. The van der Waals surface area contributed by atoms with E-state index in [4.69, 9.17) is 4.74 Å². The maximum absolute atomic E-state index is 12.7. The molecule has 2 aromatic rings. The number of benzene rings is 1. The van der Waals surface area contributed by atoms with Gasteiger partial charge in [0.1, 0.15) is 5.75 Å². The maximum Gasteiger partial charge on any atom is 0.238 e. The zero-order valence-electron chi connectivity index (χ0n) is 14.5. The van der Waals surface area contributed by atoms with E-state index in [-0.39, 0.29) is 17.1 Å². The lowest BCUT2D eigenvalue weighted by atomic mass is 10.1. The molecule has 1 unspecified atom stereocenters. The lowest BCUT2D eigenvalue weighted by molar-refractivity contribution is -0.116. The number of aromatic nitrogens is 2. The second kappa shape index (κ2) is 8.05. The third-order valence-corrected chi connectivity index (χ3v) is 6.24. The number of nitrogens with one attached hydrogen (secondary N) is 2. The Hall–Kier alpha value is -1.80. The van der Waals surface area contributed by atoms with Gasteiger partial charge in [0.05, 0.1) is 12.4 Å². The second-order valence-corrected chi connectivity index (χ2v) is 8.66. The summed E-state index contributed by atoms with van der Waals surface area (Å²) in [5, 5.41) is 15.3. The molecule has 134 valence electrons. The highest BCUT2D eigenvalue weighted by Gasteiger charge is 2.27. The quantitative estimate of drug-likeness (QED) is 0.679. The van der Waals surface area contributed by atoms with E-state index >= 15 is 0 Å². The number of methoxy groups -OCH3 is 1. The van der Waals surface area contributed by atoms with E-state index in [1.165, 1.54) is 35.9 Å². The lowest BCUT2D eigenvalue weighted by Crippen LogP contribution is -2.29. The van der Waals surface area contributed by atoms with Crippen molar-refractivity contribution < 1.29 is 9.53 Å². The number of carbonyl (C=O) groups excluding carboxylic acids is 1. The Morgan fingerprint density at radius 2 is 2.00 bits per heavy atom. The fourth-order valence-electron chi connectivity index (χ4n) is 2.21. The zero-order valence-corrected chi connectivity index (χ0v) is 16.1. The van der Waals surface area contributed by atoms with Crippen LogP contribution in [0.25, 0.3) is 0 Å². The molecule has 1 aliphatic rings. The van der Waals surface area contributed by atoms with E-state index < -0.39 is 0 Å². The highest BCUT2D eigenvalue weighted by atomic mass is 32.2. The summed E-state index contributed by atoms with van der Waals surface area (Å²) in [6.45, 7) is 4.07. The van der Waals surface area contributed by atoms with Crippen LogP contribution in [-0.4, -0.2) is 34.5 Å². The van der Waals surface area contributed by atoms with E-state index in [1.807, 2.05) is 38.1 Å². The van der Waals surface area contributed by atoms with Gasteiger partial charge in [0.25, 0.3) is 0 Å². The Bertz CT molecular complexity index is 714. The molecule has 1 heterocycles. The summed E-state index contributed by atoms with van der Waals surface area (Å²) in [6.07, 6.45) is 2.39. The number of nitrogens with zero attached hydrogens (tertiary/aromatic N) is 2. The second-order valence-electron chi connectivity index (χ2n) is 6.29. The summed E-state index contributed by atoms with van der Waals surface area (Å²) in [7, 11) is 1.62. The Labute approximate surface area is 155 Å². The minimum absolute atomic E-state index is 0.0305. The molecule has 1 amide bonds. The van der Waals surface area contributed by atoms with Crippen molar-refractivity contribution in [1.29, 1.82) is 0 Å². The first kappa shape index (κ1) is 18.0. The highest BCUT2D eigenvalue weighted by molar-refractivity contribution is 8.02. The number of rotatable bonds is 8. The van der Waals surface area contributed by atoms with Gasteiger partial charge in [0, 0.05) is 11.7 Å². The molecular formula is C17H22N4O2S2. The van der Waals surface area contributed by atoms with E-state index in [2.05, 4.69) is 20.8 Å². The van der Waals surface area contributed by atoms with Gasteiger partial charge in [-0.05, 0) is 43.0 Å². The van der Waals surface area contributed by atoms with Gasteiger partial charge in [0.2, 0.25) is 11.0 Å². The van der Waals surface area contributed by atoms with Crippen molar-refractivity contribution in [2.45, 2.75) is 42.3 Å². The standard InChI is InChI=1S/C17H22N4O2S2/c1-10(2)14(15(22)18-11-6-8-13(23-3)9-7-11)24-17-21-20-16(25-17)19-12-4-5-12/h6-10,12,14H,4-5H2,1-3H3,(H,18,22)(H,19,20). The summed E-state index contributed by atoms with van der Waals surface area (Å²) >= 11 is 2.98. The van der Waals surface area contributed by atoms with E-state index in [9.17, 15) is 4.79 Å². The monoisotopic (exact) mass is 378 g/mol. The first-order valence-electron chi connectivity index (χ1n) is 8.27. The van der Waals surface area contributed by atoms with Gasteiger partial charge in [-0.25, -0.2) is 0 Å². The van der Waals surface area contributed by atoms with Crippen LogP contribution in [0.1, 0.15) is 26.7 Å². The summed E-state index contributed by atoms with van der Waals surface area (Å²) < 4.78 is 5.95. The average molecular weight is 379 g/mol. The Morgan fingerprint density at radius 3 is 2.60 bits per heavy atom. The van der Waals surface area contributed by atoms with E-state index in [0.29, 0.717) is 6.04 Å². The normalized spacial score (nSPS) is 15.0. The molecule has 0 saturated heterocycles. The highest BCUT2D eigenvalue weighted by Crippen LogP contribution is 2.34. The van der Waals surface area contributed by atoms with Crippen LogP contribution < -0.4 is 15.4 Å². The smallest absolute Gasteiger partial charge is 0.238 e. The molecule has 0 spiro atoms. The van der Waals surface area contributed by atoms with Crippen molar-refractivity contribution >= 4 is 39.8 Å². The van der Waals surface area contributed by atoms with Gasteiger partial charge in [-0.2, -0.15) is 0 Å². The van der Waals surface area contributed by atoms with Crippen LogP contribution in [0.15, 0.2) is 28.6 Å². The predicted octanol–water partition coefficient (Wildman–Crippen LogP) is 3.88. The van der Waals surface area contributed by atoms with Gasteiger partial charge in [-0.3, -0.25) is 4.79 Å². The van der Waals surface area contributed by atoms with Gasteiger partial charge < -0.3 is 15.4 Å². The number of anilines is 2. The summed E-state index contributed by atoms with van der Waals surface area (Å²) in [4.78, 5) is 12.7. The third-order valence-electron chi connectivity index (χ3n) is 3.76. The van der Waals surface area contributed by atoms with Crippen molar-refractivity contribution in [2.24, 2.45) is 5.92 Å². The molecule has 1 aliphatic carbocycles. The maximum atomic E-state index is 12.7. The van der Waals surface area contributed by atoms with Crippen molar-refractivity contribution in [2.75, 3.05) is 17.7 Å². The molecule has 1 aromatic heterocycles. The summed E-state index contributed by atoms with van der Waals surface area (Å²) in [5.74, 6) is 0.904. The topological polar surface area (TPSA) is 76.1 Å². The number of hydrogen-bond donors (Lipinski definition) is 2. The van der Waals surface area contributed by atoms with Crippen molar-refractivity contribution in [3.05, 3.63) is 24.3 Å². The molecule has 6 nitrogen and oxygen atoms in total. The van der Waals surface area contributed by atoms with Crippen LogP contribution in [0.3, 0.4) is 0 Å². The molecule has 25 heavy (non-hydrogen) atoms. The molecule has 1 saturated carbocycles. The first-order valence-corrected chi connectivity index (χ1v) is 9.96.